The van der Waals surface area contributed by atoms with Gasteiger partial charge in [-0.15, -0.1) is 0 Å². The van der Waals surface area contributed by atoms with E-state index in [0.29, 0.717) is 6.42 Å². The second-order valence-corrected chi connectivity index (χ2v) is 5.84. The Bertz CT molecular complexity index is 590. The van der Waals surface area contributed by atoms with Gasteiger partial charge in [-0.2, -0.15) is 5.01 Å². The van der Waals surface area contributed by atoms with Crippen LogP contribution in [0.1, 0.15) is 32.8 Å². The van der Waals surface area contributed by atoms with E-state index in [9.17, 15) is 9.59 Å². The fourth-order valence-corrected chi connectivity index (χ4v) is 2.76. The second-order valence-electron chi connectivity index (χ2n) is 5.44. The fraction of sp³-hybridized carbons (Fsp3) is 0.400. The van der Waals surface area contributed by atoms with E-state index in [1.54, 1.807) is 0 Å². The van der Waals surface area contributed by atoms with Gasteiger partial charge >= 0.3 is 6.03 Å². The summed E-state index contributed by atoms with van der Waals surface area (Å²) in [5.41, 5.74) is 2.36. The molecule has 22 heavy (non-hydrogen) atoms. The molecule has 0 aromatic heterocycles. The molecule has 0 radical (unpaired) electrons. The topological polar surface area (TPSA) is 73.5 Å². The van der Waals surface area contributed by atoms with Gasteiger partial charge in [0.25, 0.3) is 5.91 Å². The number of benzene rings is 1. The first-order valence-electron chi connectivity index (χ1n) is 7.20. The van der Waals surface area contributed by atoms with Crippen molar-refractivity contribution in [2.45, 2.75) is 38.8 Å². The van der Waals surface area contributed by atoms with Crippen LogP contribution in [0.2, 0.25) is 0 Å². The molecule has 3 N–H and O–H groups in total. The highest BCUT2D eigenvalue weighted by molar-refractivity contribution is 7.80. The third-order valence-corrected chi connectivity index (χ3v) is 3.73. The van der Waals surface area contributed by atoms with Gasteiger partial charge in [0.1, 0.15) is 5.54 Å². The van der Waals surface area contributed by atoms with Crippen LogP contribution in [-0.4, -0.2) is 28.1 Å². The number of urea groups is 1. The number of hydrazine groups is 1. The lowest BCUT2D eigenvalue weighted by atomic mass is 9.87. The van der Waals surface area contributed by atoms with Gasteiger partial charge in [-0.05, 0) is 38.0 Å². The molecule has 0 saturated carbocycles. The molecule has 1 atom stereocenters. The van der Waals surface area contributed by atoms with Crippen molar-refractivity contribution in [3.05, 3.63) is 35.9 Å². The Kier molecular flexibility index (Phi) is 4.65. The summed E-state index contributed by atoms with van der Waals surface area (Å²) in [6, 6.07) is 8.80. The van der Waals surface area contributed by atoms with Crippen LogP contribution in [-0.2, 0) is 10.3 Å². The monoisotopic (exact) mass is 320 g/mol. The number of nitrogens with one attached hydrogen (secondary N) is 3. The molecule has 1 fully saturated rings. The lowest BCUT2D eigenvalue weighted by Gasteiger charge is -2.26. The summed E-state index contributed by atoms with van der Waals surface area (Å²) < 4.78 is 0. The first kappa shape index (κ1) is 16.2. The molecule has 0 unspecified atom stereocenters. The molecule has 0 bridgehead atoms. The minimum absolute atomic E-state index is 0.103. The Morgan fingerprint density at radius 1 is 1.32 bits per heavy atom. The molecule has 1 aromatic carbocycles. The average Bonchev–Trinajstić information content (AvgIpc) is 2.72. The van der Waals surface area contributed by atoms with E-state index in [2.05, 4.69) is 16.1 Å². The van der Waals surface area contributed by atoms with Crippen molar-refractivity contribution in [1.82, 2.24) is 21.1 Å². The van der Waals surface area contributed by atoms with E-state index in [0.717, 1.165) is 10.6 Å². The van der Waals surface area contributed by atoms with Gasteiger partial charge < -0.3 is 10.6 Å². The van der Waals surface area contributed by atoms with E-state index in [1.165, 1.54) is 0 Å². The quantitative estimate of drug-likeness (QED) is 0.581. The molecule has 0 aliphatic carbocycles. The summed E-state index contributed by atoms with van der Waals surface area (Å²) in [7, 11) is 0. The Balaban J connectivity index is 2.25. The van der Waals surface area contributed by atoms with Gasteiger partial charge in [0.15, 0.2) is 5.11 Å². The van der Waals surface area contributed by atoms with Gasteiger partial charge in [0.05, 0.1) is 0 Å². The minimum Gasteiger partial charge on any atom is -0.359 e. The van der Waals surface area contributed by atoms with Gasteiger partial charge in [-0.1, -0.05) is 37.3 Å². The molecule has 1 heterocycles. The van der Waals surface area contributed by atoms with E-state index >= 15 is 0 Å². The Morgan fingerprint density at radius 2 is 1.95 bits per heavy atom. The zero-order chi connectivity index (χ0) is 16.3. The lowest BCUT2D eigenvalue weighted by molar-refractivity contribution is -0.133. The Labute approximate surface area is 135 Å². The molecular formula is C15H20N4O2S. The van der Waals surface area contributed by atoms with Crippen LogP contribution in [0.25, 0.3) is 0 Å². The molecule has 1 aliphatic rings. The number of hydrogen-bond acceptors (Lipinski definition) is 3. The number of carbonyl (C=O) groups excluding carboxylic acids is 2. The number of imide groups is 1. The van der Waals surface area contributed by atoms with Crippen molar-refractivity contribution >= 4 is 29.3 Å². The van der Waals surface area contributed by atoms with E-state index in [4.69, 9.17) is 12.2 Å². The van der Waals surface area contributed by atoms with Gasteiger partial charge in [0, 0.05) is 6.04 Å². The van der Waals surface area contributed by atoms with Crippen molar-refractivity contribution in [1.29, 1.82) is 0 Å². The van der Waals surface area contributed by atoms with Crippen LogP contribution in [0.4, 0.5) is 4.79 Å². The smallest absolute Gasteiger partial charge is 0.344 e. The van der Waals surface area contributed by atoms with Crippen LogP contribution in [0.15, 0.2) is 30.3 Å². The SMILES string of the molecule is CC[C@@]1(c2ccccc2)NC(=O)N(NC(=S)NC(C)C)C1=O. The second kappa shape index (κ2) is 6.31. The highest BCUT2D eigenvalue weighted by Gasteiger charge is 2.51. The van der Waals surface area contributed by atoms with E-state index in [1.807, 2.05) is 51.1 Å². The maximum absolute atomic E-state index is 12.8. The van der Waals surface area contributed by atoms with Gasteiger partial charge in [-0.3, -0.25) is 10.2 Å². The number of thiocarbonyl (C=S) groups is 1. The summed E-state index contributed by atoms with van der Waals surface area (Å²) in [6.07, 6.45) is 0.449. The number of carbonyl (C=O) groups is 2. The molecular weight excluding hydrogens is 300 g/mol. The highest BCUT2D eigenvalue weighted by Crippen LogP contribution is 2.31. The molecule has 2 rings (SSSR count). The van der Waals surface area contributed by atoms with Gasteiger partial charge in [0.2, 0.25) is 0 Å². The van der Waals surface area contributed by atoms with Crippen LogP contribution in [0, 0.1) is 0 Å². The predicted molar refractivity (Wildman–Crippen MR) is 87.8 cm³/mol. The first-order valence-corrected chi connectivity index (χ1v) is 7.61. The molecule has 0 spiro atoms. The predicted octanol–water partition coefficient (Wildman–Crippen LogP) is 1.63. The Hall–Kier alpha value is -2.15. The lowest BCUT2D eigenvalue weighted by Crippen LogP contribution is -2.52. The summed E-state index contributed by atoms with van der Waals surface area (Å²) in [4.78, 5) is 25.0. The molecule has 1 saturated heterocycles. The zero-order valence-electron chi connectivity index (χ0n) is 12.8. The third kappa shape index (κ3) is 2.89. The molecule has 3 amide bonds. The number of hydrogen-bond donors (Lipinski definition) is 3. The number of amides is 3. The molecule has 1 aromatic rings. The normalized spacial score (nSPS) is 21.0. The first-order chi connectivity index (χ1) is 10.4. The number of rotatable bonds is 4. The van der Waals surface area contributed by atoms with Crippen LogP contribution in [0.3, 0.4) is 0 Å². The molecule has 6 nitrogen and oxygen atoms in total. The number of nitrogens with zero attached hydrogens (tertiary/aromatic N) is 1. The maximum Gasteiger partial charge on any atom is 0.344 e. The van der Waals surface area contributed by atoms with Crippen molar-refractivity contribution in [2.75, 3.05) is 0 Å². The van der Waals surface area contributed by atoms with Crippen molar-refractivity contribution in [2.24, 2.45) is 0 Å². The van der Waals surface area contributed by atoms with Gasteiger partial charge in [-0.25, -0.2) is 4.79 Å². The average molecular weight is 320 g/mol. The van der Waals surface area contributed by atoms with Crippen molar-refractivity contribution in [3.8, 4) is 0 Å². The molecule has 1 aliphatic heterocycles. The zero-order valence-corrected chi connectivity index (χ0v) is 13.7. The highest BCUT2D eigenvalue weighted by atomic mass is 32.1. The molecule has 118 valence electrons. The summed E-state index contributed by atoms with van der Waals surface area (Å²) in [5, 5.41) is 6.90. The molecule has 7 heteroatoms. The van der Waals surface area contributed by atoms with Crippen molar-refractivity contribution in [3.63, 3.8) is 0 Å². The Morgan fingerprint density at radius 3 is 2.50 bits per heavy atom. The van der Waals surface area contributed by atoms with Crippen LogP contribution < -0.4 is 16.1 Å². The van der Waals surface area contributed by atoms with Crippen molar-refractivity contribution < 1.29 is 9.59 Å². The summed E-state index contributed by atoms with van der Waals surface area (Å²) in [5.74, 6) is -0.362. The standard InChI is InChI=1S/C15H20N4O2S/c1-4-15(11-8-6-5-7-9-11)12(20)19(14(21)17-15)18-13(22)16-10(2)3/h5-10H,4H2,1-3H3,(H,17,21)(H2,16,18,22)/t15-/m0/s1. The van der Waals surface area contributed by atoms with Crippen LogP contribution in [0.5, 0.6) is 0 Å². The van der Waals surface area contributed by atoms with Crippen LogP contribution >= 0.6 is 12.2 Å². The maximum atomic E-state index is 12.8. The van der Waals surface area contributed by atoms with E-state index < -0.39 is 11.6 Å². The largest absolute Gasteiger partial charge is 0.359 e. The van der Waals surface area contributed by atoms with E-state index in [-0.39, 0.29) is 17.1 Å². The summed E-state index contributed by atoms with van der Waals surface area (Å²) in [6.45, 7) is 5.69. The third-order valence-electron chi connectivity index (χ3n) is 3.52. The minimum atomic E-state index is -1.06. The summed E-state index contributed by atoms with van der Waals surface area (Å²) >= 11 is 5.10. The fourth-order valence-electron chi connectivity index (χ4n) is 2.43.